The largest absolute Gasteiger partial charge is 0.459 e. The van der Waals surface area contributed by atoms with Crippen molar-refractivity contribution >= 4 is 11.9 Å². The molecule has 1 N–H and O–H groups in total. The lowest BCUT2D eigenvalue weighted by Gasteiger charge is -2.73. The van der Waals surface area contributed by atoms with Gasteiger partial charge in [0, 0.05) is 5.41 Å². The van der Waals surface area contributed by atoms with E-state index in [0.717, 1.165) is 38.5 Å². The summed E-state index contributed by atoms with van der Waals surface area (Å²) in [6, 6.07) is 2.54. The fraction of sp³-hybridized carbons (Fsp3) is 0.800. The molecule has 0 amide bonds. The molecule has 0 unspecified atom stereocenters. The van der Waals surface area contributed by atoms with E-state index in [-0.39, 0.29) is 38.9 Å². The zero-order valence-electron chi connectivity index (χ0n) is 26.5. The van der Waals surface area contributed by atoms with Gasteiger partial charge in [-0.1, -0.05) is 46.8 Å². The molecule has 0 saturated heterocycles. The molecule has 0 radical (unpaired) electrons. The summed E-state index contributed by atoms with van der Waals surface area (Å²) in [5.74, 6) is 1.36. The van der Waals surface area contributed by atoms with Gasteiger partial charge in [-0.25, -0.2) is 4.79 Å². The topological polar surface area (TPSA) is 103 Å². The first-order chi connectivity index (χ1) is 19.6. The van der Waals surface area contributed by atoms with Crippen LogP contribution in [-0.4, -0.2) is 28.7 Å². The van der Waals surface area contributed by atoms with Crippen molar-refractivity contribution in [2.45, 2.75) is 112 Å². The van der Waals surface area contributed by atoms with Crippen LogP contribution in [0.15, 0.2) is 28.7 Å². The molecule has 0 aliphatic heterocycles. The Morgan fingerprint density at radius 3 is 2.40 bits per heavy atom. The van der Waals surface area contributed by atoms with E-state index in [2.05, 4.69) is 48.1 Å². The summed E-state index contributed by atoms with van der Waals surface area (Å²) >= 11 is 0. The molecule has 5 aliphatic rings. The monoisotopic (exact) mass is 581 g/mol. The number of rotatable bonds is 5. The molecule has 5 aliphatic carbocycles. The number of carbonyl (C=O) groups excluding carboxylic acids is 1. The molecule has 6 rings (SSSR count). The Hall–Kier alpha value is -2.15. The summed E-state index contributed by atoms with van der Waals surface area (Å²) in [5, 5.41) is 22.1. The van der Waals surface area contributed by atoms with Crippen molar-refractivity contribution in [3.63, 3.8) is 0 Å². The molecule has 232 valence electrons. The smallest absolute Gasteiger partial charge is 0.433 e. The average Bonchev–Trinajstić information content (AvgIpc) is 3.57. The second kappa shape index (κ2) is 9.67. The molecule has 10 atom stereocenters. The molecule has 1 aromatic heterocycles. The fourth-order valence-corrected chi connectivity index (χ4v) is 12.3. The number of hydrogen-bond donors (Lipinski definition) is 1. The summed E-state index contributed by atoms with van der Waals surface area (Å²) < 4.78 is 11.1. The number of esters is 1. The molecule has 7 heteroatoms. The number of ether oxygens (including phenoxy) is 1. The summed E-state index contributed by atoms with van der Waals surface area (Å²) in [4.78, 5) is 23.4. The zero-order valence-corrected chi connectivity index (χ0v) is 26.5. The number of aliphatic hydroxyl groups is 1. The van der Waals surface area contributed by atoms with Gasteiger partial charge in [0.25, 0.3) is 0 Å². The van der Waals surface area contributed by atoms with Crippen molar-refractivity contribution in [2.24, 2.45) is 56.7 Å². The quantitative estimate of drug-likeness (QED) is 0.162. The first-order valence-electron chi connectivity index (χ1n) is 16.4. The van der Waals surface area contributed by atoms with Crippen LogP contribution >= 0.6 is 0 Å². The fourth-order valence-electron chi connectivity index (χ4n) is 12.3. The highest BCUT2D eigenvalue weighted by Crippen LogP contribution is 2.77. The number of aliphatic hydroxyl groups excluding tert-OH is 1. The molecular formula is C35H51NO6. The van der Waals surface area contributed by atoms with Gasteiger partial charge in [0.05, 0.1) is 18.8 Å². The Balaban J connectivity index is 1.30. The van der Waals surface area contributed by atoms with E-state index in [0.29, 0.717) is 36.2 Å². The maximum Gasteiger partial charge on any atom is 0.433 e. The molecule has 42 heavy (non-hydrogen) atoms. The predicted molar refractivity (Wildman–Crippen MR) is 161 cm³/mol. The zero-order chi connectivity index (χ0) is 30.5. The number of fused-ring (bicyclic) bond motifs is 7. The highest BCUT2D eigenvalue weighted by Gasteiger charge is 2.71. The van der Waals surface area contributed by atoms with Gasteiger partial charge >= 0.3 is 11.9 Å². The Morgan fingerprint density at radius 2 is 1.74 bits per heavy atom. The summed E-state index contributed by atoms with van der Waals surface area (Å²) in [6.45, 7) is 19.4. The first kappa shape index (κ1) is 29.9. The Morgan fingerprint density at radius 1 is 1.00 bits per heavy atom. The molecule has 5 saturated carbocycles. The van der Waals surface area contributed by atoms with E-state index in [1.165, 1.54) is 43.4 Å². The molecular weight excluding hydrogens is 530 g/mol. The summed E-state index contributed by atoms with van der Waals surface area (Å²) in [6.07, 6.45) is 10.8. The number of nitrogens with zero attached hydrogens (tertiary/aromatic N) is 1. The van der Waals surface area contributed by atoms with Crippen molar-refractivity contribution in [1.82, 2.24) is 0 Å². The standard InChI is InChI=1S/C35H51NO6/c1-21(2)22-12-17-35(20-41-30(38)24-9-11-28(42-24)36(39)40)19-18-33(6)23(29(22)35)8-10-26-32(5)15-14-27(37)31(3,4)25(32)13-16-34(26,33)7/h9,11,22-23,25-27,29,37H,1,8,10,12-20H2,2-7H3/t22-,23+,25-,26+,27-,29+,32-,33+,34+,35+/m0/s1. The van der Waals surface area contributed by atoms with Crippen molar-refractivity contribution in [2.75, 3.05) is 6.61 Å². The Bertz CT molecular complexity index is 1280. The van der Waals surface area contributed by atoms with E-state index >= 15 is 0 Å². The van der Waals surface area contributed by atoms with E-state index < -0.39 is 16.8 Å². The number of carbonyl (C=O) groups is 1. The normalized spacial score (nSPS) is 45.6. The molecule has 0 bridgehead atoms. The maximum atomic E-state index is 13.0. The minimum Gasteiger partial charge on any atom is -0.459 e. The Labute approximate surface area is 251 Å². The van der Waals surface area contributed by atoms with Crippen LogP contribution in [0.5, 0.6) is 0 Å². The molecule has 7 nitrogen and oxygen atoms in total. The van der Waals surface area contributed by atoms with Crippen LogP contribution in [0.1, 0.15) is 116 Å². The van der Waals surface area contributed by atoms with Gasteiger partial charge in [-0.15, -0.1) is 0 Å². The van der Waals surface area contributed by atoms with Crippen LogP contribution in [-0.2, 0) is 4.74 Å². The lowest BCUT2D eigenvalue weighted by atomic mass is 9.32. The number of hydrogen-bond acceptors (Lipinski definition) is 6. The van der Waals surface area contributed by atoms with E-state index in [1.54, 1.807) is 0 Å². The van der Waals surface area contributed by atoms with Crippen LogP contribution < -0.4 is 0 Å². The lowest BCUT2D eigenvalue weighted by Crippen LogP contribution is -2.66. The van der Waals surface area contributed by atoms with Gasteiger partial charge in [-0.3, -0.25) is 10.1 Å². The lowest BCUT2D eigenvalue weighted by molar-refractivity contribution is -0.402. The second-order valence-corrected chi connectivity index (χ2v) is 16.4. The third-order valence-corrected chi connectivity index (χ3v) is 14.7. The molecule has 1 aromatic rings. The van der Waals surface area contributed by atoms with Gasteiger partial charge in [0.1, 0.15) is 4.92 Å². The summed E-state index contributed by atoms with van der Waals surface area (Å²) in [7, 11) is 0. The Kier molecular flexibility index (Phi) is 6.89. The predicted octanol–water partition coefficient (Wildman–Crippen LogP) is 8.36. The molecule has 0 spiro atoms. The minimum atomic E-state index is -0.636. The first-order valence-corrected chi connectivity index (χ1v) is 16.4. The van der Waals surface area contributed by atoms with E-state index in [4.69, 9.17) is 9.15 Å². The minimum absolute atomic E-state index is 0.0530. The van der Waals surface area contributed by atoms with Crippen LogP contribution in [0.2, 0.25) is 0 Å². The highest BCUT2D eigenvalue weighted by atomic mass is 16.7. The molecule has 0 aromatic carbocycles. The number of furan rings is 1. The third-order valence-electron chi connectivity index (χ3n) is 14.7. The van der Waals surface area contributed by atoms with Gasteiger partial charge < -0.3 is 14.3 Å². The van der Waals surface area contributed by atoms with Crippen LogP contribution in [0.25, 0.3) is 0 Å². The van der Waals surface area contributed by atoms with Gasteiger partial charge in [-0.2, -0.15) is 0 Å². The van der Waals surface area contributed by atoms with Crippen molar-refractivity contribution < 1.29 is 24.0 Å². The van der Waals surface area contributed by atoms with Gasteiger partial charge in [-0.05, 0) is 128 Å². The van der Waals surface area contributed by atoms with Crippen molar-refractivity contribution in [3.8, 4) is 0 Å². The highest BCUT2D eigenvalue weighted by molar-refractivity contribution is 5.86. The average molecular weight is 582 g/mol. The second-order valence-electron chi connectivity index (χ2n) is 16.4. The van der Waals surface area contributed by atoms with Gasteiger partial charge in [0.15, 0.2) is 0 Å². The van der Waals surface area contributed by atoms with Crippen LogP contribution in [0.3, 0.4) is 0 Å². The number of nitro groups is 1. The van der Waals surface area contributed by atoms with E-state index in [1.807, 2.05) is 0 Å². The molecule has 5 fully saturated rings. The summed E-state index contributed by atoms with van der Waals surface area (Å²) in [5.41, 5.74) is 1.72. The van der Waals surface area contributed by atoms with Crippen molar-refractivity contribution in [1.29, 1.82) is 0 Å². The number of allylic oxidation sites excluding steroid dienone is 1. The van der Waals surface area contributed by atoms with E-state index in [9.17, 15) is 20.0 Å². The SMILES string of the molecule is C=C(C)[C@@H]1CC[C@]2(COC(=O)c3ccc([N+](=O)[O-])o3)CC[C@]3(C)[C@H](CC[C@@H]4[C@@]5(C)CC[C@H](O)C(C)(C)[C@@H]5CC[C@]43C)[C@@H]12. The maximum absolute atomic E-state index is 13.0. The molecule has 1 heterocycles. The van der Waals surface area contributed by atoms with Gasteiger partial charge in [0.2, 0.25) is 5.76 Å². The van der Waals surface area contributed by atoms with Crippen molar-refractivity contribution in [3.05, 3.63) is 40.2 Å². The van der Waals surface area contributed by atoms with Crippen LogP contribution in [0.4, 0.5) is 5.88 Å². The third kappa shape index (κ3) is 3.97. The van der Waals surface area contributed by atoms with Crippen LogP contribution in [0, 0.1) is 66.8 Å².